The van der Waals surface area contributed by atoms with Crippen molar-refractivity contribution in [1.82, 2.24) is 49.7 Å². The van der Waals surface area contributed by atoms with Crippen molar-refractivity contribution in [3.8, 4) is 56.8 Å². The van der Waals surface area contributed by atoms with Crippen LogP contribution in [0.15, 0.2) is 170 Å². The molecule has 38 heteroatoms. The fourth-order valence-corrected chi connectivity index (χ4v) is 13.7. The van der Waals surface area contributed by atoms with Gasteiger partial charge in [-0.1, -0.05) is 84.9 Å². The summed E-state index contributed by atoms with van der Waals surface area (Å²) in [4.78, 5) is 86.8. The minimum absolute atomic E-state index is 0.0105. The van der Waals surface area contributed by atoms with E-state index in [1.807, 2.05) is 84.9 Å². The normalized spacial score (nSPS) is 11.9. The first-order chi connectivity index (χ1) is 67.2. The first-order valence-corrected chi connectivity index (χ1v) is 45.0. The summed E-state index contributed by atoms with van der Waals surface area (Å²) in [6.45, 7) is 5.58. The Balaban J connectivity index is 1.23. The molecule has 11 rings (SSSR count). The lowest BCUT2D eigenvalue weighted by Gasteiger charge is -2.17. The summed E-state index contributed by atoms with van der Waals surface area (Å²) in [5, 5.41) is 65.5. The Morgan fingerprint density at radius 1 is 0.263 bits per heavy atom. The van der Waals surface area contributed by atoms with Gasteiger partial charge < -0.3 is 141 Å². The van der Waals surface area contributed by atoms with Crippen LogP contribution in [0.2, 0.25) is 0 Å². The summed E-state index contributed by atoms with van der Waals surface area (Å²) < 4.78 is 105. The number of hydrogen-bond acceptors (Lipinski definition) is 33. The number of aromatic carboxylic acids is 1. The van der Waals surface area contributed by atoms with Crippen molar-refractivity contribution in [3.63, 3.8) is 0 Å². The minimum atomic E-state index is -1.16. The number of nitrogens with zero attached hydrogens (tertiary/aromatic N) is 8. The molecule has 0 unspecified atom stereocenters. The topological polar surface area (TPSA) is 474 Å². The first-order valence-electron chi connectivity index (χ1n) is 45.0. The smallest absolute Gasteiger partial charge is 0.335 e. The van der Waals surface area contributed by atoms with Crippen LogP contribution in [0.4, 0.5) is 0 Å². The van der Waals surface area contributed by atoms with E-state index < -0.39 is 29.4 Å². The second-order valence-electron chi connectivity index (χ2n) is 30.1. The number of carboxylic acid groups (broad SMARTS) is 1. The van der Waals surface area contributed by atoms with Crippen molar-refractivity contribution in [3.05, 3.63) is 238 Å². The zero-order valence-corrected chi connectivity index (χ0v) is 77.1. The van der Waals surface area contributed by atoms with E-state index in [2.05, 4.69) is 9.97 Å². The van der Waals surface area contributed by atoms with Crippen LogP contribution in [-0.4, -0.2) is 362 Å². The van der Waals surface area contributed by atoms with Crippen molar-refractivity contribution in [2.24, 2.45) is 0 Å². The number of aromatic amines is 2. The van der Waals surface area contributed by atoms with Crippen LogP contribution >= 0.6 is 0 Å². The molecule has 2 amide bonds. The first kappa shape index (κ1) is 105. The molecule has 9 N–H and O–H groups in total. The third kappa shape index (κ3) is 33.5. The molecule has 7 aromatic carbocycles. The highest BCUT2D eigenvalue weighted by molar-refractivity contribution is 6.08. The number of benzene rings is 7. The lowest BCUT2D eigenvalue weighted by Crippen LogP contribution is -2.30. The van der Waals surface area contributed by atoms with Gasteiger partial charge in [-0.05, 0) is 124 Å². The Morgan fingerprint density at radius 2 is 0.489 bits per heavy atom. The molecule has 2 aliphatic rings. The average molecular weight is 1900 g/mol. The van der Waals surface area contributed by atoms with E-state index in [1.54, 1.807) is 72.8 Å². The lowest BCUT2D eigenvalue weighted by atomic mass is 9.95. The summed E-state index contributed by atoms with van der Waals surface area (Å²) in [5.41, 5.74) is 6.39. The monoisotopic (exact) mass is 1900 g/mol. The maximum Gasteiger partial charge on any atom is 0.335 e. The molecule has 0 fully saturated rings. The summed E-state index contributed by atoms with van der Waals surface area (Å²) in [6.07, 6.45) is 0. The number of aliphatic hydroxyl groups is 6. The molecular weight excluding hydrogens is 1780 g/mol. The Bertz CT molecular complexity index is 5420. The van der Waals surface area contributed by atoms with Gasteiger partial charge in [0.2, 0.25) is 0 Å². The summed E-state index contributed by atoms with van der Waals surface area (Å²) >= 11 is 0. The van der Waals surface area contributed by atoms with Gasteiger partial charge in [0.05, 0.1) is 204 Å². The Morgan fingerprint density at radius 3 is 0.730 bits per heavy atom. The Kier molecular flexibility index (Phi) is 45.2. The highest BCUT2D eigenvalue weighted by Crippen LogP contribution is 2.45. The van der Waals surface area contributed by atoms with E-state index in [4.69, 9.17) is 115 Å². The molecular formula is C99H120N10O28. The van der Waals surface area contributed by atoms with Crippen LogP contribution < -0.4 is 28.4 Å². The molecule has 6 bridgehead atoms. The molecule has 0 atom stereocenters. The molecule has 0 saturated carbocycles. The second kappa shape index (κ2) is 58.9. The van der Waals surface area contributed by atoms with Crippen molar-refractivity contribution < 1.29 is 135 Å². The fourth-order valence-electron chi connectivity index (χ4n) is 13.7. The molecule has 137 heavy (non-hydrogen) atoms. The predicted molar refractivity (Wildman–Crippen MR) is 503 cm³/mol. The molecule has 2 aliphatic heterocycles. The van der Waals surface area contributed by atoms with E-state index >= 15 is 9.59 Å². The average Bonchev–Trinajstić information content (AvgIpc) is 1.58. The summed E-state index contributed by atoms with van der Waals surface area (Å²) in [5.74, 6) is -1.01. The number of aliphatic hydroxyl groups excluding tert-OH is 6. The second-order valence-corrected chi connectivity index (χ2v) is 30.1. The maximum atomic E-state index is 16.3. The van der Waals surface area contributed by atoms with Gasteiger partial charge in [-0.15, -0.1) is 0 Å². The molecule has 0 saturated heterocycles. The SMILES string of the molecule is CN(C)C(=O)c1nc2nc(nc3[nH]c(nc4nc(nc(C(=O)N(C)Cc5ccc(C(=O)O)cc5)[nH]1)C(c1ccc(OCCOCCOCCO)cc1)=C4c1ccc(OCCOCCOCCO)cc1)c(-c1ccc(OCCOCCOCCO)cc1)c3-c1ccc(OCCOCCOCCO)cc1)C(c1ccc(OCCOCCOCCO)cc1)=C2c1ccc(OCCOCCOCCO)cc1. The van der Waals surface area contributed by atoms with Gasteiger partial charge in [0.25, 0.3) is 11.8 Å². The van der Waals surface area contributed by atoms with Gasteiger partial charge in [-0.3, -0.25) is 9.59 Å². The van der Waals surface area contributed by atoms with Crippen molar-refractivity contribution in [2.75, 3.05) is 259 Å². The number of ether oxygens (including phenoxy) is 18. The Labute approximate surface area is 793 Å². The third-order valence-electron chi connectivity index (χ3n) is 20.1. The number of aromatic nitrogens is 8. The highest BCUT2D eigenvalue weighted by Gasteiger charge is 2.32. The number of hydrogen-bond donors (Lipinski definition) is 9. The standard InChI is InChI=1S/C99H120N10O28/c1-108(2)97(116)95-105-93-87(74-16-28-81(29-17-74)136-66-60-130-54-48-124-42-36-114)85(72-12-24-79(25-13-72)134-64-58-128-52-46-122-40-34-112)91(103-93)101-89-83(70-8-20-77(21-9-70)132-62-56-126-50-44-120-38-32-110)84(71-10-22-78(23-11-71)133-63-57-127-51-45-121-39-33-111)90(100-89)102-92-86(73-14-26-80(27-15-73)135-65-59-129-53-47-123-41-35-113)88(75-18-30-82(31-19-75)137-67-61-131-55-49-125-43-37-115)94(104-92)106-96(107-95)98(117)109(3)68-69-4-6-76(7-5-69)99(118)119/h4-31,110-115H,32-68H2,1-3H3,(H,118,119)(H2,100,101,102,103,104,105,106,107). The number of carboxylic acids is 1. The van der Waals surface area contributed by atoms with Gasteiger partial charge in [0, 0.05) is 61.1 Å². The largest absolute Gasteiger partial charge is 0.491 e. The number of nitrogens with one attached hydrogen (secondary N) is 2. The summed E-state index contributed by atoms with van der Waals surface area (Å²) in [6, 6.07) is 49.5. The zero-order valence-electron chi connectivity index (χ0n) is 77.1. The number of H-pyrrole nitrogens is 2. The number of rotatable bonds is 65. The number of amides is 2. The van der Waals surface area contributed by atoms with E-state index in [0.29, 0.717) is 107 Å². The zero-order chi connectivity index (χ0) is 96.4. The molecule has 9 aromatic rings. The van der Waals surface area contributed by atoms with E-state index in [0.717, 1.165) is 0 Å². The van der Waals surface area contributed by atoms with Crippen LogP contribution in [-0.2, 0) is 63.4 Å². The van der Waals surface area contributed by atoms with Crippen LogP contribution in [0.3, 0.4) is 0 Å². The van der Waals surface area contributed by atoms with Crippen LogP contribution in [0.25, 0.3) is 55.8 Å². The quantitative estimate of drug-likeness (QED) is 0.0164. The molecule has 38 nitrogen and oxygen atoms in total. The Hall–Kier alpha value is -12.4. The van der Waals surface area contributed by atoms with Crippen LogP contribution in [0, 0.1) is 0 Å². The van der Waals surface area contributed by atoms with Crippen LogP contribution in [0.1, 0.15) is 82.7 Å². The van der Waals surface area contributed by atoms with E-state index in [1.165, 1.54) is 43.1 Å². The summed E-state index contributed by atoms with van der Waals surface area (Å²) in [7, 11) is 4.55. The minimum Gasteiger partial charge on any atom is -0.491 e. The van der Waals surface area contributed by atoms with Crippen LogP contribution in [0.5, 0.6) is 34.5 Å². The lowest BCUT2D eigenvalue weighted by molar-refractivity contribution is 0.0247. The number of fused-ring (bicyclic) bond motifs is 6. The molecule has 0 aliphatic carbocycles. The molecule has 0 radical (unpaired) electrons. The van der Waals surface area contributed by atoms with E-state index in [-0.39, 0.29) is 285 Å². The number of carbonyl (C=O) groups is 3. The fraction of sp³-hybridized carbons (Fsp3) is 0.404. The van der Waals surface area contributed by atoms with Crippen molar-refractivity contribution in [2.45, 2.75) is 6.54 Å². The van der Waals surface area contributed by atoms with Gasteiger partial charge in [-0.2, -0.15) is 0 Å². The van der Waals surface area contributed by atoms with Crippen molar-refractivity contribution >= 4 is 51.4 Å². The van der Waals surface area contributed by atoms with Crippen molar-refractivity contribution in [1.29, 1.82) is 0 Å². The highest BCUT2D eigenvalue weighted by atomic mass is 16.6. The number of carbonyl (C=O) groups excluding carboxylic acids is 2. The van der Waals surface area contributed by atoms with E-state index in [9.17, 15) is 40.5 Å². The van der Waals surface area contributed by atoms with Gasteiger partial charge >= 0.3 is 5.97 Å². The predicted octanol–water partition coefficient (Wildman–Crippen LogP) is 7.75. The third-order valence-corrected chi connectivity index (χ3v) is 20.1. The van der Waals surface area contributed by atoms with Gasteiger partial charge in [0.1, 0.15) is 85.4 Å². The van der Waals surface area contributed by atoms with Gasteiger partial charge in [-0.25, -0.2) is 34.7 Å². The molecule has 2 aromatic heterocycles. The van der Waals surface area contributed by atoms with Gasteiger partial charge in [0.15, 0.2) is 34.9 Å². The maximum absolute atomic E-state index is 16.3. The molecule has 4 heterocycles. The molecule has 0 spiro atoms. The molecule has 734 valence electrons.